The quantitative estimate of drug-likeness (QED) is 0.837. The van der Waals surface area contributed by atoms with Gasteiger partial charge in [0.05, 0.1) is 0 Å². The van der Waals surface area contributed by atoms with Crippen LogP contribution in [0.25, 0.3) is 0 Å². The third-order valence-corrected chi connectivity index (χ3v) is 5.79. The summed E-state index contributed by atoms with van der Waals surface area (Å²) in [6.07, 6.45) is 14.7. The van der Waals surface area contributed by atoms with E-state index >= 15 is 0 Å². The van der Waals surface area contributed by atoms with Crippen LogP contribution in [0.5, 0.6) is 0 Å². The Bertz CT molecular complexity index is 254. The van der Waals surface area contributed by atoms with Crippen LogP contribution in [0, 0.1) is 11.8 Å². The molecule has 2 aliphatic heterocycles. The maximum atomic E-state index is 3.73. The second kappa shape index (κ2) is 7.08. The Morgan fingerprint density at radius 2 is 1.79 bits per heavy atom. The lowest BCUT2D eigenvalue weighted by Gasteiger charge is -2.36. The first kappa shape index (κ1) is 13.9. The van der Waals surface area contributed by atoms with E-state index in [0.29, 0.717) is 0 Å². The lowest BCUT2D eigenvalue weighted by molar-refractivity contribution is 0.139. The maximum absolute atomic E-state index is 3.73. The van der Waals surface area contributed by atoms with E-state index < -0.39 is 0 Å². The zero-order chi connectivity index (χ0) is 12.9. The zero-order valence-corrected chi connectivity index (χ0v) is 12.6. The first-order chi connectivity index (χ1) is 9.42. The molecule has 19 heavy (non-hydrogen) atoms. The van der Waals surface area contributed by atoms with Crippen LogP contribution in [-0.4, -0.2) is 37.1 Å². The van der Waals surface area contributed by atoms with E-state index in [0.717, 1.165) is 17.9 Å². The zero-order valence-electron chi connectivity index (χ0n) is 12.6. The van der Waals surface area contributed by atoms with Gasteiger partial charge >= 0.3 is 0 Å². The van der Waals surface area contributed by atoms with Gasteiger partial charge < -0.3 is 10.2 Å². The Morgan fingerprint density at radius 1 is 0.895 bits per heavy atom. The Balaban J connectivity index is 1.40. The first-order valence-corrected chi connectivity index (χ1v) is 8.87. The summed E-state index contributed by atoms with van der Waals surface area (Å²) in [5, 5.41) is 3.73. The Morgan fingerprint density at radius 3 is 2.58 bits per heavy atom. The minimum Gasteiger partial charge on any atom is -0.314 e. The predicted octanol–water partition coefficient (Wildman–Crippen LogP) is 3.42. The molecule has 1 aliphatic carbocycles. The molecule has 2 atom stereocenters. The fourth-order valence-electron chi connectivity index (χ4n) is 4.58. The van der Waals surface area contributed by atoms with Crippen molar-refractivity contribution in [2.45, 2.75) is 70.3 Å². The summed E-state index contributed by atoms with van der Waals surface area (Å²) in [5.74, 6) is 2.00. The van der Waals surface area contributed by atoms with E-state index in [-0.39, 0.29) is 0 Å². The van der Waals surface area contributed by atoms with Gasteiger partial charge in [-0.1, -0.05) is 32.1 Å². The molecule has 0 radical (unpaired) electrons. The van der Waals surface area contributed by atoms with Crippen molar-refractivity contribution in [3.8, 4) is 0 Å². The predicted molar refractivity (Wildman–Crippen MR) is 81.4 cm³/mol. The van der Waals surface area contributed by atoms with Gasteiger partial charge in [-0.2, -0.15) is 0 Å². The van der Waals surface area contributed by atoms with Crippen molar-refractivity contribution in [2.24, 2.45) is 11.8 Å². The van der Waals surface area contributed by atoms with Crippen LogP contribution in [0.15, 0.2) is 0 Å². The average molecular weight is 264 g/mol. The van der Waals surface area contributed by atoms with Crippen LogP contribution in [0.3, 0.4) is 0 Å². The molecule has 0 spiro atoms. The van der Waals surface area contributed by atoms with Gasteiger partial charge in [-0.25, -0.2) is 0 Å². The van der Waals surface area contributed by atoms with Crippen molar-refractivity contribution < 1.29 is 0 Å². The lowest BCUT2D eigenvalue weighted by Crippen LogP contribution is -2.44. The highest BCUT2D eigenvalue weighted by Crippen LogP contribution is 2.28. The minimum atomic E-state index is 0.845. The molecule has 2 heteroatoms. The molecule has 2 heterocycles. The van der Waals surface area contributed by atoms with Crippen LogP contribution in [0.4, 0.5) is 0 Å². The van der Waals surface area contributed by atoms with Gasteiger partial charge in [-0.3, -0.25) is 0 Å². The second-order valence-electron chi connectivity index (χ2n) is 7.20. The standard InChI is InChI=1S/C17H32N2/c1-2-6-15(7-3-1)10-13-19-12-5-8-16(14-19)17-9-4-11-18-17/h15-18H,1-14H2. The van der Waals surface area contributed by atoms with Crippen LogP contribution in [-0.2, 0) is 0 Å². The third-order valence-electron chi connectivity index (χ3n) is 5.79. The molecule has 0 aromatic heterocycles. The van der Waals surface area contributed by atoms with Gasteiger partial charge in [0.15, 0.2) is 0 Å². The minimum absolute atomic E-state index is 0.845. The van der Waals surface area contributed by atoms with E-state index in [1.165, 1.54) is 90.4 Å². The summed E-state index contributed by atoms with van der Waals surface area (Å²) >= 11 is 0. The fraction of sp³-hybridized carbons (Fsp3) is 1.00. The van der Waals surface area contributed by atoms with Crippen molar-refractivity contribution in [1.82, 2.24) is 10.2 Å². The molecule has 0 aromatic rings. The molecule has 3 rings (SSSR count). The summed E-state index contributed by atoms with van der Waals surface area (Å²) in [5.41, 5.74) is 0. The van der Waals surface area contributed by atoms with E-state index in [9.17, 15) is 0 Å². The van der Waals surface area contributed by atoms with E-state index in [4.69, 9.17) is 0 Å². The van der Waals surface area contributed by atoms with Crippen LogP contribution in [0.1, 0.15) is 64.2 Å². The summed E-state index contributed by atoms with van der Waals surface area (Å²) in [6.45, 7) is 5.40. The summed E-state index contributed by atoms with van der Waals surface area (Å²) < 4.78 is 0. The molecule has 0 amide bonds. The van der Waals surface area contributed by atoms with E-state index in [2.05, 4.69) is 10.2 Å². The topological polar surface area (TPSA) is 15.3 Å². The van der Waals surface area contributed by atoms with Gasteiger partial charge in [0, 0.05) is 12.6 Å². The smallest absolute Gasteiger partial charge is 0.0108 e. The fourth-order valence-corrected chi connectivity index (χ4v) is 4.58. The SMILES string of the molecule is C1CCC(CCN2CCCC(C3CCCN3)C2)CC1. The summed E-state index contributed by atoms with van der Waals surface area (Å²) in [4.78, 5) is 2.78. The first-order valence-electron chi connectivity index (χ1n) is 8.87. The third kappa shape index (κ3) is 3.95. The molecule has 2 saturated heterocycles. The Hall–Kier alpha value is -0.0800. The number of nitrogens with zero attached hydrogens (tertiary/aromatic N) is 1. The normalized spacial score (nSPS) is 34.7. The molecule has 110 valence electrons. The highest BCUT2D eigenvalue weighted by atomic mass is 15.1. The molecule has 3 aliphatic rings. The number of nitrogens with one attached hydrogen (secondary N) is 1. The van der Waals surface area contributed by atoms with Gasteiger partial charge in [0.1, 0.15) is 0 Å². The second-order valence-corrected chi connectivity index (χ2v) is 7.20. The summed E-state index contributed by atoms with van der Waals surface area (Å²) in [7, 11) is 0. The highest BCUT2D eigenvalue weighted by molar-refractivity contribution is 4.86. The molecular weight excluding hydrogens is 232 g/mol. The van der Waals surface area contributed by atoms with Gasteiger partial charge in [0.2, 0.25) is 0 Å². The number of piperidine rings is 1. The van der Waals surface area contributed by atoms with Crippen LogP contribution >= 0.6 is 0 Å². The van der Waals surface area contributed by atoms with E-state index in [1.807, 2.05) is 0 Å². The molecule has 1 saturated carbocycles. The van der Waals surface area contributed by atoms with Crippen molar-refractivity contribution in [1.29, 1.82) is 0 Å². The molecular formula is C17H32N2. The van der Waals surface area contributed by atoms with Crippen molar-refractivity contribution in [3.05, 3.63) is 0 Å². The number of likely N-dealkylation sites (tertiary alicyclic amines) is 1. The van der Waals surface area contributed by atoms with Crippen molar-refractivity contribution in [3.63, 3.8) is 0 Å². The van der Waals surface area contributed by atoms with Crippen LogP contribution in [0.2, 0.25) is 0 Å². The number of hydrogen-bond acceptors (Lipinski definition) is 2. The highest BCUT2D eigenvalue weighted by Gasteiger charge is 2.29. The molecule has 0 bridgehead atoms. The monoisotopic (exact) mass is 264 g/mol. The number of rotatable bonds is 4. The van der Waals surface area contributed by atoms with Crippen LogP contribution < -0.4 is 5.32 Å². The molecule has 0 aromatic carbocycles. The number of hydrogen-bond donors (Lipinski definition) is 1. The van der Waals surface area contributed by atoms with Crippen molar-refractivity contribution >= 4 is 0 Å². The molecule has 1 N–H and O–H groups in total. The van der Waals surface area contributed by atoms with E-state index in [1.54, 1.807) is 0 Å². The molecule has 3 fully saturated rings. The Kier molecular flexibility index (Phi) is 5.17. The molecule has 2 unspecified atom stereocenters. The summed E-state index contributed by atoms with van der Waals surface area (Å²) in [6, 6.07) is 0.845. The van der Waals surface area contributed by atoms with Gasteiger partial charge in [0.25, 0.3) is 0 Å². The van der Waals surface area contributed by atoms with Gasteiger partial charge in [-0.15, -0.1) is 0 Å². The maximum Gasteiger partial charge on any atom is 0.0108 e. The average Bonchev–Trinajstić information content (AvgIpc) is 3.01. The Labute approximate surface area is 119 Å². The lowest BCUT2D eigenvalue weighted by atomic mass is 9.86. The van der Waals surface area contributed by atoms with Crippen molar-refractivity contribution in [2.75, 3.05) is 26.2 Å². The molecule has 2 nitrogen and oxygen atoms in total. The largest absolute Gasteiger partial charge is 0.314 e. The van der Waals surface area contributed by atoms with Gasteiger partial charge in [-0.05, 0) is 63.6 Å².